The molecule has 0 atom stereocenters. The van der Waals surface area contributed by atoms with Crippen molar-refractivity contribution in [1.29, 1.82) is 0 Å². The van der Waals surface area contributed by atoms with Gasteiger partial charge in [-0.3, -0.25) is 4.79 Å². The van der Waals surface area contributed by atoms with Crippen molar-refractivity contribution in [2.24, 2.45) is 5.10 Å². The van der Waals surface area contributed by atoms with Gasteiger partial charge in [0.2, 0.25) is 0 Å². The third-order valence-corrected chi connectivity index (χ3v) is 4.48. The smallest absolute Gasteiger partial charge is 0.287 e. The van der Waals surface area contributed by atoms with Crippen molar-refractivity contribution in [3.05, 3.63) is 35.9 Å². The first-order valence-corrected chi connectivity index (χ1v) is 8.78. The van der Waals surface area contributed by atoms with Gasteiger partial charge in [-0.1, -0.05) is 5.10 Å². The average Bonchev–Trinajstić information content (AvgIpc) is 3.22. The van der Waals surface area contributed by atoms with Crippen LogP contribution in [0.3, 0.4) is 0 Å². The number of anilines is 1. The minimum absolute atomic E-state index is 0.00585. The molecule has 11 heteroatoms. The number of hydrogen-bond acceptors (Lipinski definition) is 6. The van der Waals surface area contributed by atoms with Gasteiger partial charge in [0.05, 0.1) is 33.5 Å². The number of nitrogens with one attached hydrogen (secondary N) is 1. The van der Waals surface area contributed by atoms with Crippen molar-refractivity contribution < 1.29 is 22.9 Å². The van der Waals surface area contributed by atoms with E-state index in [1.54, 1.807) is 20.3 Å². The van der Waals surface area contributed by atoms with Gasteiger partial charge in [-0.2, -0.15) is 9.69 Å². The van der Waals surface area contributed by atoms with Crippen LogP contribution in [-0.2, 0) is 4.74 Å². The topological polar surface area (TPSA) is 84.1 Å². The second-order valence-electron chi connectivity index (χ2n) is 6.97. The quantitative estimate of drug-likeness (QED) is 0.780. The van der Waals surface area contributed by atoms with E-state index in [1.165, 1.54) is 16.9 Å². The third kappa shape index (κ3) is 3.45. The predicted molar refractivity (Wildman–Crippen MR) is 97.1 cm³/mol. The van der Waals surface area contributed by atoms with Gasteiger partial charge in [-0.25, -0.2) is 18.3 Å². The van der Waals surface area contributed by atoms with E-state index in [9.17, 15) is 13.6 Å². The highest BCUT2D eigenvalue weighted by molar-refractivity contribution is 6.09. The van der Waals surface area contributed by atoms with Gasteiger partial charge >= 0.3 is 0 Å². The van der Waals surface area contributed by atoms with E-state index in [4.69, 9.17) is 4.74 Å². The molecule has 0 spiro atoms. The lowest BCUT2D eigenvalue weighted by atomic mass is 10.2. The van der Waals surface area contributed by atoms with Gasteiger partial charge in [0.15, 0.2) is 11.4 Å². The first-order chi connectivity index (χ1) is 13.3. The van der Waals surface area contributed by atoms with Crippen molar-refractivity contribution in [1.82, 2.24) is 19.9 Å². The number of amides is 1. The minimum Gasteiger partial charge on any atom is -0.378 e. The number of ether oxygens (including phenoxy) is 1. The van der Waals surface area contributed by atoms with Gasteiger partial charge in [-0.15, -0.1) is 0 Å². The number of fused-ring (bicyclic) bond motifs is 1. The number of aromatic nitrogens is 3. The average molecular weight is 392 g/mol. The normalized spacial score (nSPS) is 19.1. The van der Waals surface area contributed by atoms with E-state index in [-0.39, 0.29) is 15.9 Å². The molecular weight excluding hydrogens is 372 g/mol. The van der Waals surface area contributed by atoms with E-state index < -0.39 is 18.0 Å². The van der Waals surface area contributed by atoms with Crippen molar-refractivity contribution in [2.75, 3.05) is 45.3 Å². The lowest BCUT2D eigenvalue weighted by Crippen LogP contribution is -2.36. The Kier molecular flexibility index (Phi) is 4.55. The highest BCUT2D eigenvalue weighted by Gasteiger charge is 2.34. The molecule has 1 saturated heterocycles. The van der Waals surface area contributed by atoms with E-state index in [2.05, 4.69) is 25.4 Å². The molecule has 4 rings (SSSR count). The number of alkyl halides is 2. The van der Waals surface area contributed by atoms with Crippen LogP contribution in [-0.4, -0.2) is 77.6 Å². The summed E-state index contributed by atoms with van der Waals surface area (Å²) in [6.45, 7) is 2.62. The molecule has 0 unspecified atom stereocenters. The maximum absolute atomic E-state index is 13.3. The summed E-state index contributed by atoms with van der Waals surface area (Å²) in [5.74, 6) is 0.140. The van der Waals surface area contributed by atoms with Crippen LogP contribution in [0.4, 0.5) is 14.6 Å². The Labute approximate surface area is 159 Å². The number of hydrogen-bond donors (Lipinski definition) is 1. The molecule has 4 heterocycles. The summed E-state index contributed by atoms with van der Waals surface area (Å²) in [6, 6.07) is 1.81. The number of rotatable bonds is 4. The van der Waals surface area contributed by atoms with Crippen molar-refractivity contribution in [3.63, 3.8) is 0 Å². The minimum atomic E-state index is -2.79. The van der Waals surface area contributed by atoms with Gasteiger partial charge in [0, 0.05) is 19.3 Å². The van der Waals surface area contributed by atoms with Gasteiger partial charge < -0.3 is 15.0 Å². The van der Waals surface area contributed by atoms with E-state index in [0.29, 0.717) is 37.8 Å². The molecular formula is C17H20F2N7O2+. The number of allylic oxidation sites excluding steroid dienone is 1. The molecule has 1 fully saturated rings. The first-order valence-electron chi connectivity index (χ1n) is 8.78. The number of quaternary nitrogens is 1. The summed E-state index contributed by atoms with van der Waals surface area (Å²) in [6.07, 6.45) is 1.75. The van der Waals surface area contributed by atoms with E-state index in [1.807, 2.05) is 6.07 Å². The van der Waals surface area contributed by atoms with Crippen LogP contribution in [0.15, 0.2) is 35.5 Å². The molecule has 0 bridgehead atoms. The molecule has 9 nitrogen and oxygen atoms in total. The number of carbonyl (C=O) groups excluding carboxylic acids is 1. The van der Waals surface area contributed by atoms with Crippen LogP contribution in [0.5, 0.6) is 0 Å². The fourth-order valence-corrected chi connectivity index (χ4v) is 3.18. The number of carbonyl (C=O) groups is 1. The van der Waals surface area contributed by atoms with Crippen molar-refractivity contribution >= 4 is 23.1 Å². The SMILES string of the molecule is C[N+]1(C)C=C(NC(=O)c2cnn3ccc(N4CCOCC4)nc23)C(C(F)F)=N1. The Morgan fingerprint density at radius 1 is 1.32 bits per heavy atom. The summed E-state index contributed by atoms with van der Waals surface area (Å²) in [4.78, 5) is 19.4. The lowest BCUT2D eigenvalue weighted by molar-refractivity contribution is -0.843. The standard InChI is InChI=1S/C17H19F2N7O2/c1-26(2)10-12(14(23-26)15(18)19)21-17(27)11-9-20-25-4-3-13(22-16(11)25)24-5-7-28-8-6-24/h3-4,9-10,15H,5-8H2,1-2H3/p+1. The zero-order valence-electron chi connectivity index (χ0n) is 15.5. The fraction of sp³-hybridized carbons (Fsp3) is 0.412. The van der Waals surface area contributed by atoms with Crippen molar-refractivity contribution in [2.45, 2.75) is 6.43 Å². The largest absolute Gasteiger partial charge is 0.378 e. The number of nitrogens with zero attached hydrogens (tertiary/aromatic N) is 6. The Hall–Kier alpha value is -2.92. The van der Waals surface area contributed by atoms with Crippen LogP contribution >= 0.6 is 0 Å². The summed E-state index contributed by atoms with van der Waals surface area (Å²) in [5, 5.41) is 10.6. The van der Waals surface area contributed by atoms with Gasteiger partial charge in [0.1, 0.15) is 23.3 Å². The molecule has 2 aromatic rings. The monoisotopic (exact) mass is 392 g/mol. The summed E-state index contributed by atoms with van der Waals surface area (Å²) in [5.41, 5.74) is 0.0941. The molecule has 2 aliphatic rings. The molecule has 0 aliphatic carbocycles. The van der Waals surface area contributed by atoms with Crippen molar-refractivity contribution in [3.8, 4) is 0 Å². The molecule has 28 heavy (non-hydrogen) atoms. The van der Waals surface area contributed by atoms with E-state index >= 15 is 0 Å². The highest BCUT2D eigenvalue weighted by atomic mass is 19.3. The highest BCUT2D eigenvalue weighted by Crippen LogP contribution is 2.21. The summed E-state index contributed by atoms with van der Waals surface area (Å²) in [7, 11) is 3.26. The molecule has 0 aromatic carbocycles. The van der Waals surface area contributed by atoms with Crippen LogP contribution in [0.2, 0.25) is 0 Å². The fourth-order valence-electron chi connectivity index (χ4n) is 3.18. The molecule has 2 aliphatic heterocycles. The zero-order chi connectivity index (χ0) is 19.9. The molecule has 0 radical (unpaired) electrons. The Morgan fingerprint density at radius 3 is 2.79 bits per heavy atom. The second kappa shape index (κ2) is 6.91. The zero-order valence-corrected chi connectivity index (χ0v) is 15.5. The predicted octanol–water partition coefficient (Wildman–Crippen LogP) is 0.848. The second-order valence-corrected chi connectivity index (χ2v) is 6.97. The molecule has 2 aromatic heterocycles. The van der Waals surface area contributed by atoms with Crippen LogP contribution in [0.25, 0.3) is 5.65 Å². The number of halogens is 2. The molecule has 1 amide bonds. The van der Waals surface area contributed by atoms with Crippen LogP contribution in [0, 0.1) is 0 Å². The Bertz CT molecular complexity index is 977. The molecule has 1 N–H and O–H groups in total. The van der Waals surface area contributed by atoms with Gasteiger partial charge in [-0.05, 0) is 6.07 Å². The van der Waals surface area contributed by atoms with Crippen LogP contribution in [0.1, 0.15) is 10.4 Å². The maximum Gasteiger partial charge on any atom is 0.287 e. The maximum atomic E-state index is 13.3. The first kappa shape index (κ1) is 18.4. The molecule has 0 saturated carbocycles. The summed E-state index contributed by atoms with van der Waals surface area (Å²) < 4.78 is 33.2. The Morgan fingerprint density at radius 2 is 2.07 bits per heavy atom. The summed E-state index contributed by atoms with van der Waals surface area (Å²) >= 11 is 0. The lowest BCUT2D eigenvalue weighted by Gasteiger charge is -2.27. The number of morpholine rings is 1. The van der Waals surface area contributed by atoms with Crippen LogP contribution < -0.4 is 10.2 Å². The molecule has 148 valence electrons. The third-order valence-electron chi connectivity index (χ3n) is 4.48. The van der Waals surface area contributed by atoms with E-state index in [0.717, 1.165) is 0 Å². The Balaban J connectivity index is 1.62. The van der Waals surface area contributed by atoms with Gasteiger partial charge in [0.25, 0.3) is 12.3 Å².